The fraction of sp³-hybridized carbons (Fsp3) is 0. The van der Waals surface area contributed by atoms with Crippen LogP contribution < -0.4 is 32.8 Å². The summed E-state index contributed by atoms with van der Waals surface area (Å²) in [7, 11) is 41.5. The van der Waals surface area contributed by atoms with Crippen LogP contribution in [0.3, 0.4) is 0 Å². The molecule has 0 bridgehead atoms. The van der Waals surface area contributed by atoms with Gasteiger partial charge in [0.1, 0.15) is 52.8 Å². The summed E-state index contributed by atoms with van der Waals surface area (Å²) in [5.74, 6) is -2.64. The van der Waals surface area contributed by atoms with E-state index in [1.807, 2.05) is 121 Å². The maximum absolute atomic E-state index is 11.9. The quantitative estimate of drug-likeness (QED) is 0.120. The summed E-state index contributed by atoms with van der Waals surface area (Å²) in [5.41, 5.74) is 9.55. The lowest BCUT2D eigenvalue weighted by Crippen LogP contribution is -2.32. The third-order valence-electron chi connectivity index (χ3n) is 12.8. The Morgan fingerprint density at radius 1 is 0.258 bits per heavy atom. The zero-order valence-corrected chi connectivity index (χ0v) is 35.2. The van der Waals surface area contributed by atoms with E-state index in [4.69, 9.17) is 47.1 Å². The van der Waals surface area contributed by atoms with E-state index in [0.717, 1.165) is 44.5 Å². The van der Waals surface area contributed by atoms with Crippen LogP contribution in [-0.4, -0.2) is 76.6 Å². The molecule has 0 saturated heterocycles. The monoisotopic (exact) mass is 836 g/mol. The molecule has 0 aliphatic rings. The second-order valence-electron chi connectivity index (χ2n) is 16.4. The van der Waals surface area contributed by atoms with Crippen LogP contribution in [0.25, 0.3) is 99.5 Å². The maximum atomic E-state index is 11.9. The molecule has 9 aromatic carbocycles. The van der Waals surface area contributed by atoms with Crippen LogP contribution in [0.5, 0.6) is 23.0 Å². The summed E-state index contributed by atoms with van der Waals surface area (Å²) in [6, 6.07) is 51.8. The molecule has 12 heteroatoms. The zero-order chi connectivity index (χ0) is 45.7. The third kappa shape index (κ3) is 6.05. The zero-order valence-electron chi connectivity index (χ0n) is 35.2. The Labute approximate surface area is 387 Å². The molecule has 298 valence electrons. The largest absolute Gasteiger partial charge is 0.509 e. The molecule has 12 radical (unpaired) electrons. The van der Waals surface area contributed by atoms with Crippen LogP contribution in [0.1, 0.15) is 0 Å². The molecular formula is C54H30B6N2O4. The second kappa shape index (κ2) is 15.4. The highest BCUT2D eigenvalue weighted by Gasteiger charge is 2.31. The van der Waals surface area contributed by atoms with Crippen LogP contribution in [0.2, 0.25) is 0 Å². The Balaban J connectivity index is 1.21. The average Bonchev–Trinajstić information content (AvgIpc) is 3.91. The first-order valence-corrected chi connectivity index (χ1v) is 21.1. The molecule has 0 aliphatic heterocycles. The van der Waals surface area contributed by atoms with Crippen LogP contribution in [-0.2, 0) is 0 Å². The molecule has 2 heterocycles. The van der Waals surface area contributed by atoms with E-state index in [0.29, 0.717) is 33.1 Å². The first kappa shape index (κ1) is 40.9. The van der Waals surface area contributed by atoms with Crippen molar-refractivity contribution in [3.63, 3.8) is 0 Å². The summed E-state index contributed by atoms with van der Waals surface area (Å²) >= 11 is 0. The lowest BCUT2D eigenvalue weighted by atomic mass is 9.72. The molecule has 66 heavy (non-hydrogen) atoms. The molecule has 0 spiro atoms. The van der Waals surface area contributed by atoms with Gasteiger partial charge in [0.05, 0.1) is 5.52 Å². The lowest BCUT2D eigenvalue weighted by Gasteiger charge is -2.17. The van der Waals surface area contributed by atoms with Gasteiger partial charge in [0.2, 0.25) is 5.75 Å². The minimum Gasteiger partial charge on any atom is -0.509 e. The number of aromatic hydroxyl groups is 4. The van der Waals surface area contributed by atoms with Crippen LogP contribution in [0.4, 0.5) is 0 Å². The van der Waals surface area contributed by atoms with Crippen molar-refractivity contribution in [1.82, 2.24) is 9.13 Å². The van der Waals surface area contributed by atoms with E-state index in [1.54, 1.807) is 9.13 Å². The van der Waals surface area contributed by atoms with Crippen molar-refractivity contribution < 1.29 is 20.4 Å². The normalized spacial score (nSPS) is 11.6. The van der Waals surface area contributed by atoms with Gasteiger partial charge >= 0.3 is 0 Å². The second-order valence-corrected chi connectivity index (χ2v) is 16.4. The van der Waals surface area contributed by atoms with Crippen molar-refractivity contribution in [3.05, 3.63) is 158 Å². The molecule has 0 fully saturated rings. The van der Waals surface area contributed by atoms with Crippen molar-refractivity contribution in [1.29, 1.82) is 0 Å². The number of phenolic OH excluding ortho intramolecular Hbond substituents is 4. The van der Waals surface area contributed by atoms with Gasteiger partial charge in [-0.3, -0.25) is 0 Å². The number of benzene rings is 9. The standard InChI is InChI=1S/C54H30B6N2O4/c55-41-39-37-38-40-42(56)52(64)54(66)53(65)50(40)62(36-16-8-14-34(26-36)32-23-19-30(20-24-32)28-11-5-2-6-12-28)48(38)44(58)43(57)47(37)61(49(39)46(60)51(63)45(41)59)35-15-7-13-33(25-35)31-21-17-29(18-22-31)27-9-3-1-4-10-27/h1-26,63-66H. The number of nitrogens with zero attached hydrogens (tertiary/aromatic N) is 2. The number of aromatic nitrogens is 2. The van der Waals surface area contributed by atoms with Crippen molar-refractivity contribution in [2.45, 2.75) is 0 Å². The van der Waals surface area contributed by atoms with Crippen LogP contribution in [0.15, 0.2) is 158 Å². The van der Waals surface area contributed by atoms with Gasteiger partial charge in [0.15, 0.2) is 11.5 Å². The van der Waals surface area contributed by atoms with Crippen molar-refractivity contribution in [2.75, 3.05) is 0 Å². The van der Waals surface area contributed by atoms with Gasteiger partial charge in [-0.05, 0) is 79.7 Å². The molecular weight excluding hydrogens is 805 g/mol. The highest BCUT2D eigenvalue weighted by molar-refractivity contribution is 6.64. The van der Waals surface area contributed by atoms with Gasteiger partial charge < -0.3 is 29.6 Å². The Hall–Kier alpha value is -7.83. The van der Waals surface area contributed by atoms with Gasteiger partial charge in [-0.15, -0.1) is 0 Å². The molecule has 0 aliphatic carbocycles. The van der Waals surface area contributed by atoms with Crippen molar-refractivity contribution in [2.24, 2.45) is 0 Å². The fourth-order valence-electron chi connectivity index (χ4n) is 9.53. The summed E-state index contributed by atoms with van der Waals surface area (Å²) in [6.07, 6.45) is 0. The maximum Gasteiger partial charge on any atom is 0.201 e. The van der Waals surface area contributed by atoms with Crippen molar-refractivity contribution in [3.8, 4) is 78.9 Å². The highest BCUT2D eigenvalue weighted by atomic mass is 16.3. The third-order valence-corrected chi connectivity index (χ3v) is 12.8. The predicted molar refractivity (Wildman–Crippen MR) is 276 cm³/mol. The molecule has 4 N–H and O–H groups in total. The summed E-state index contributed by atoms with van der Waals surface area (Å²) < 4.78 is 3.44. The summed E-state index contributed by atoms with van der Waals surface area (Å²) in [4.78, 5) is 0. The van der Waals surface area contributed by atoms with Gasteiger partial charge in [-0.1, -0.05) is 155 Å². The smallest absolute Gasteiger partial charge is 0.201 e. The Morgan fingerprint density at radius 3 is 1.08 bits per heavy atom. The van der Waals surface area contributed by atoms with Gasteiger partial charge in [0, 0.05) is 49.5 Å². The number of hydrogen-bond acceptors (Lipinski definition) is 4. The van der Waals surface area contributed by atoms with Crippen LogP contribution >= 0.6 is 0 Å². The Kier molecular flexibility index (Phi) is 9.56. The predicted octanol–water partition coefficient (Wildman–Crippen LogP) is 6.13. The molecule has 0 atom stereocenters. The highest BCUT2D eigenvalue weighted by Crippen LogP contribution is 2.47. The molecule has 0 unspecified atom stereocenters. The Bertz CT molecular complexity index is 3550. The minimum absolute atomic E-state index is 0.00813. The SMILES string of the molecule is [B]c1c(O)c([B])c2c(c1[B])c1c3c4c([B])c(O)c(O)c(O)c4n(-c4cccc(-c5ccc(-c6ccccc6)cc5)c4)c3c([B])c([B])c1n2-c1cccc(-c2ccc(-c3ccccc3)cc2)c1. The topological polar surface area (TPSA) is 90.8 Å². The molecule has 0 saturated carbocycles. The number of phenols is 4. The molecule has 11 aromatic rings. The van der Waals surface area contributed by atoms with E-state index < -0.39 is 23.0 Å². The first-order valence-electron chi connectivity index (χ1n) is 21.1. The minimum atomic E-state index is -0.825. The van der Waals surface area contributed by atoms with Gasteiger partial charge in [-0.25, -0.2) is 0 Å². The van der Waals surface area contributed by atoms with E-state index in [9.17, 15) is 20.4 Å². The fourth-order valence-corrected chi connectivity index (χ4v) is 9.53. The average molecular weight is 836 g/mol. The Morgan fingerprint density at radius 2 is 0.621 bits per heavy atom. The van der Waals surface area contributed by atoms with E-state index in [1.165, 1.54) is 0 Å². The molecule has 11 rings (SSSR count). The molecule has 6 nitrogen and oxygen atoms in total. The van der Waals surface area contributed by atoms with Crippen LogP contribution in [0, 0.1) is 0 Å². The number of hydrogen-bond donors (Lipinski definition) is 4. The van der Waals surface area contributed by atoms with E-state index in [-0.39, 0.29) is 54.7 Å². The van der Waals surface area contributed by atoms with E-state index >= 15 is 0 Å². The number of rotatable bonds is 6. The summed E-state index contributed by atoms with van der Waals surface area (Å²) in [5, 5.41) is 47.0. The van der Waals surface area contributed by atoms with Gasteiger partial charge in [0.25, 0.3) is 0 Å². The molecule has 2 aromatic heterocycles. The number of fused-ring (bicyclic) bond motifs is 7. The van der Waals surface area contributed by atoms with Crippen molar-refractivity contribution >= 4 is 123 Å². The molecule has 0 amide bonds. The lowest BCUT2D eigenvalue weighted by molar-refractivity contribution is 0.372. The van der Waals surface area contributed by atoms with E-state index in [2.05, 4.69) is 36.4 Å². The first-order chi connectivity index (χ1) is 31.9. The van der Waals surface area contributed by atoms with Gasteiger partial charge in [-0.2, -0.15) is 0 Å². The summed E-state index contributed by atoms with van der Waals surface area (Å²) in [6.45, 7) is 0.